The Bertz CT molecular complexity index is 338. The summed E-state index contributed by atoms with van der Waals surface area (Å²) in [7, 11) is 4.30. The molecular weight excluding hydrogens is 264 g/mol. The van der Waals surface area contributed by atoms with Crippen LogP contribution in [0.5, 0.6) is 0 Å². The average Bonchev–Trinajstić information content (AvgIpc) is 2.47. The Hall–Kier alpha value is -0.610. The number of nitrogens with zero attached hydrogens (tertiary/aromatic N) is 2. The molecule has 1 aliphatic heterocycles. The number of hydrogen-bond donors (Lipinski definition) is 1. The zero-order valence-corrected chi connectivity index (χ0v) is 13.9. The number of piperidine rings is 1. The largest absolute Gasteiger partial charge is 0.481 e. The smallest absolute Gasteiger partial charge is 0.308 e. The zero-order valence-electron chi connectivity index (χ0n) is 13.9. The van der Waals surface area contributed by atoms with Crippen molar-refractivity contribution in [1.82, 2.24) is 9.80 Å². The van der Waals surface area contributed by atoms with Crippen LogP contribution in [0.15, 0.2) is 0 Å². The standard InChI is InChI=1S/C17H32N2O2/c1-4-5-13-6-7-15(17(20)21)16(12-13)19-10-8-14(9-11-19)18(2)3/h13-16H,4-12H2,1-3H3,(H,20,21). The highest BCUT2D eigenvalue weighted by molar-refractivity contribution is 5.71. The first-order valence-corrected chi connectivity index (χ1v) is 8.66. The summed E-state index contributed by atoms with van der Waals surface area (Å²) >= 11 is 0. The number of hydrogen-bond acceptors (Lipinski definition) is 3. The topological polar surface area (TPSA) is 43.8 Å². The first-order valence-electron chi connectivity index (χ1n) is 8.66. The van der Waals surface area contributed by atoms with Crippen LogP contribution in [0, 0.1) is 11.8 Å². The Balaban J connectivity index is 1.98. The molecule has 2 aliphatic rings. The quantitative estimate of drug-likeness (QED) is 0.847. The van der Waals surface area contributed by atoms with Crippen LogP contribution in [0.3, 0.4) is 0 Å². The van der Waals surface area contributed by atoms with Gasteiger partial charge in [-0.1, -0.05) is 19.8 Å². The maximum Gasteiger partial charge on any atom is 0.308 e. The van der Waals surface area contributed by atoms with Crippen LogP contribution in [0.25, 0.3) is 0 Å². The average molecular weight is 296 g/mol. The van der Waals surface area contributed by atoms with Crippen LogP contribution < -0.4 is 0 Å². The van der Waals surface area contributed by atoms with E-state index in [2.05, 4.69) is 30.8 Å². The summed E-state index contributed by atoms with van der Waals surface area (Å²) in [5.74, 6) is 0.0147. The van der Waals surface area contributed by atoms with Gasteiger partial charge in [-0.25, -0.2) is 0 Å². The van der Waals surface area contributed by atoms with Crippen LogP contribution in [0.4, 0.5) is 0 Å². The molecule has 1 heterocycles. The molecule has 4 heteroatoms. The lowest BCUT2D eigenvalue weighted by atomic mass is 9.75. The second-order valence-electron chi connectivity index (χ2n) is 7.21. The third-order valence-corrected chi connectivity index (χ3v) is 5.64. The monoisotopic (exact) mass is 296 g/mol. The molecule has 4 nitrogen and oxygen atoms in total. The molecular formula is C17H32N2O2. The van der Waals surface area contributed by atoms with Gasteiger partial charge in [0.2, 0.25) is 0 Å². The molecule has 0 aromatic rings. The number of carbonyl (C=O) groups is 1. The van der Waals surface area contributed by atoms with Gasteiger partial charge >= 0.3 is 5.97 Å². The van der Waals surface area contributed by atoms with E-state index in [-0.39, 0.29) is 12.0 Å². The van der Waals surface area contributed by atoms with Gasteiger partial charge in [-0.2, -0.15) is 0 Å². The molecule has 1 aliphatic carbocycles. The first kappa shape index (κ1) is 16.8. The second-order valence-corrected chi connectivity index (χ2v) is 7.21. The minimum Gasteiger partial charge on any atom is -0.481 e. The van der Waals surface area contributed by atoms with Crippen LogP contribution in [-0.4, -0.2) is 60.1 Å². The minimum atomic E-state index is -0.579. The molecule has 1 saturated heterocycles. The SMILES string of the molecule is CCCC1CCC(C(=O)O)C(N2CCC(N(C)C)CC2)C1. The summed E-state index contributed by atoms with van der Waals surface area (Å²) in [4.78, 5) is 16.4. The molecule has 0 spiro atoms. The van der Waals surface area contributed by atoms with Gasteiger partial charge in [-0.3, -0.25) is 9.69 Å². The maximum atomic E-state index is 11.6. The van der Waals surface area contributed by atoms with E-state index < -0.39 is 5.97 Å². The van der Waals surface area contributed by atoms with E-state index in [1.165, 1.54) is 25.7 Å². The van der Waals surface area contributed by atoms with E-state index in [0.29, 0.717) is 6.04 Å². The molecule has 122 valence electrons. The van der Waals surface area contributed by atoms with Crippen molar-refractivity contribution >= 4 is 5.97 Å². The van der Waals surface area contributed by atoms with Crippen LogP contribution in [0.2, 0.25) is 0 Å². The predicted molar refractivity (Wildman–Crippen MR) is 85.4 cm³/mol. The van der Waals surface area contributed by atoms with Crippen molar-refractivity contribution in [2.45, 2.75) is 64.0 Å². The summed E-state index contributed by atoms with van der Waals surface area (Å²) in [5.41, 5.74) is 0. The lowest BCUT2D eigenvalue weighted by Crippen LogP contribution is -2.52. The van der Waals surface area contributed by atoms with Crippen LogP contribution in [0.1, 0.15) is 51.9 Å². The maximum absolute atomic E-state index is 11.6. The lowest BCUT2D eigenvalue weighted by Gasteiger charge is -2.45. The van der Waals surface area contributed by atoms with Gasteiger partial charge in [0.25, 0.3) is 0 Å². The second kappa shape index (κ2) is 7.59. The van der Waals surface area contributed by atoms with E-state index in [1.807, 2.05) is 0 Å². The fourth-order valence-corrected chi connectivity index (χ4v) is 4.33. The fourth-order valence-electron chi connectivity index (χ4n) is 4.33. The predicted octanol–water partition coefficient (Wildman–Crippen LogP) is 2.68. The zero-order chi connectivity index (χ0) is 15.4. The Morgan fingerprint density at radius 1 is 1.19 bits per heavy atom. The number of carboxylic acids is 1. The molecule has 2 rings (SSSR count). The molecule has 2 fully saturated rings. The van der Waals surface area contributed by atoms with E-state index in [4.69, 9.17) is 0 Å². The molecule has 3 atom stereocenters. The van der Waals surface area contributed by atoms with Gasteiger partial charge in [-0.05, 0) is 65.2 Å². The molecule has 0 bridgehead atoms. The summed E-state index contributed by atoms with van der Waals surface area (Å²) in [6.45, 7) is 4.37. The van der Waals surface area contributed by atoms with E-state index >= 15 is 0 Å². The Labute approximate surface area is 129 Å². The molecule has 3 unspecified atom stereocenters. The van der Waals surface area contributed by atoms with Crippen molar-refractivity contribution < 1.29 is 9.90 Å². The summed E-state index contributed by atoms with van der Waals surface area (Å²) < 4.78 is 0. The summed E-state index contributed by atoms with van der Waals surface area (Å²) in [6.07, 6.45) is 7.91. The van der Waals surface area contributed by atoms with Gasteiger partial charge in [0.15, 0.2) is 0 Å². The highest BCUT2D eigenvalue weighted by Gasteiger charge is 2.39. The van der Waals surface area contributed by atoms with E-state index in [1.54, 1.807) is 0 Å². The Kier molecular flexibility index (Phi) is 6.06. The van der Waals surface area contributed by atoms with E-state index in [9.17, 15) is 9.90 Å². The number of carboxylic acid groups (broad SMARTS) is 1. The number of aliphatic carboxylic acids is 1. The highest BCUT2D eigenvalue weighted by atomic mass is 16.4. The number of rotatable bonds is 5. The third-order valence-electron chi connectivity index (χ3n) is 5.64. The number of likely N-dealkylation sites (tertiary alicyclic amines) is 1. The molecule has 0 radical (unpaired) electrons. The first-order chi connectivity index (χ1) is 10.0. The van der Waals surface area contributed by atoms with Gasteiger partial charge in [-0.15, -0.1) is 0 Å². The van der Waals surface area contributed by atoms with Crippen molar-refractivity contribution in [1.29, 1.82) is 0 Å². The van der Waals surface area contributed by atoms with Crippen molar-refractivity contribution in [3.05, 3.63) is 0 Å². The van der Waals surface area contributed by atoms with Crippen LogP contribution in [-0.2, 0) is 4.79 Å². The van der Waals surface area contributed by atoms with Gasteiger partial charge in [0.05, 0.1) is 5.92 Å². The molecule has 0 amide bonds. The van der Waals surface area contributed by atoms with E-state index in [0.717, 1.165) is 38.3 Å². The molecule has 1 saturated carbocycles. The van der Waals surface area contributed by atoms with Crippen LogP contribution >= 0.6 is 0 Å². The summed E-state index contributed by atoms with van der Waals surface area (Å²) in [5, 5.41) is 9.56. The van der Waals surface area contributed by atoms with Crippen molar-refractivity contribution in [3.63, 3.8) is 0 Å². The third kappa shape index (κ3) is 4.19. The van der Waals surface area contributed by atoms with Crippen molar-refractivity contribution in [2.24, 2.45) is 11.8 Å². The normalized spacial score (nSPS) is 32.5. The van der Waals surface area contributed by atoms with Crippen molar-refractivity contribution in [3.8, 4) is 0 Å². The minimum absolute atomic E-state index is 0.144. The fraction of sp³-hybridized carbons (Fsp3) is 0.941. The lowest BCUT2D eigenvalue weighted by molar-refractivity contribution is -0.146. The molecule has 0 aromatic carbocycles. The van der Waals surface area contributed by atoms with Crippen molar-refractivity contribution in [2.75, 3.05) is 27.2 Å². The highest BCUT2D eigenvalue weighted by Crippen LogP contribution is 2.36. The Morgan fingerprint density at radius 3 is 2.38 bits per heavy atom. The molecule has 1 N–H and O–H groups in total. The Morgan fingerprint density at radius 2 is 1.86 bits per heavy atom. The van der Waals surface area contributed by atoms with Gasteiger partial charge in [0, 0.05) is 12.1 Å². The van der Waals surface area contributed by atoms with Gasteiger partial charge in [0.1, 0.15) is 0 Å². The van der Waals surface area contributed by atoms with Gasteiger partial charge < -0.3 is 10.0 Å². The molecule has 0 aromatic heterocycles. The molecule has 21 heavy (non-hydrogen) atoms. The summed E-state index contributed by atoms with van der Waals surface area (Å²) in [6, 6.07) is 0.940.